The Labute approximate surface area is 154 Å². The van der Waals surface area contributed by atoms with Crippen molar-refractivity contribution in [2.24, 2.45) is 11.8 Å². The number of hydrogen-bond donors (Lipinski definition) is 1. The lowest BCUT2D eigenvalue weighted by molar-refractivity contribution is -0.145. The smallest absolute Gasteiger partial charge is 0.238 e. The molecular weight excluding hydrogens is 330 g/mol. The Bertz CT molecular complexity index is 693. The first-order valence-electron chi connectivity index (χ1n) is 9.58. The lowest BCUT2D eigenvalue weighted by Crippen LogP contribution is -2.61. The minimum Gasteiger partial charge on any atom is -0.495 e. The number of carbonyl (C=O) groups is 2. The van der Waals surface area contributed by atoms with Crippen molar-refractivity contribution in [2.45, 2.75) is 31.7 Å². The highest BCUT2D eigenvalue weighted by Crippen LogP contribution is 2.37. The standard InChI is InChI=1S/C20H27N3O3/c1-26-18-7-3-2-5-16(18)21-19(24)13-22-10-14-9-15(12-22)17-6-4-8-20(25)23(17)11-14/h2-3,5,7,14-15,17H,4,6,8-13H2,1H3,(H,21,24)/t14?,15?,17-/m1/s1. The Kier molecular flexibility index (Phi) is 4.85. The average molecular weight is 357 g/mol. The monoisotopic (exact) mass is 357 g/mol. The van der Waals surface area contributed by atoms with Crippen LogP contribution in [0.3, 0.4) is 0 Å². The third kappa shape index (κ3) is 3.43. The first-order valence-corrected chi connectivity index (χ1v) is 9.58. The van der Waals surface area contributed by atoms with Gasteiger partial charge in [-0.2, -0.15) is 0 Å². The van der Waals surface area contributed by atoms with E-state index in [0.717, 1.165) is 32.5 Å². The fourth-order valence-corrected chi connectivity index (χ4v) is 4.98. The van der Waals surface area contributed by atoms with Crippen LogP contribution in [0.25, 0.3) is 0 Å². The number of nitrogens with one attached hydrogen (secondary N) is 1. The molecule has 6 nitrogen and oxygen atoms in total. The van der Waals surface area contributed by atoms with E-state index in [2.05, 4.69) is 15.1 Å². The van der Waals surface area contributed by atoms with Crippen LogP contribution in [0.4, 0.5) is 5.69 Å². The lowest BCUT2D eigenvalue weighted by atomic mass is 9.76. The Morgan fingerprint density at radius 1 is 1.27 bits per heavy atom. The number of piperidine rings is 3. The molecule has 3 fully saturated rings. The number of hydrogen-bond acceptors (Lipinski definition) is 4. The van der Waals surface area contributed by atoms with Gasteiger partial charge in [-0.25, -0.2) is 0 Å². The minimum absolute atomic E-state index is 0.00829. The molecule has 0 spiro atoms. The molecule has 26 heavy (non-hydrogen) atoms. The molecule has 140 valence electrons. The summed E-state index contributed by atoms with van der Waals surface area (Å²) in [5, 5.41) is 2.97. The molecular formula is C20H27N3O3. The van der Waals surface area contributed by atoms with E-state index >= 15 is 0 Å². The first kappa shape index (κ1) is 17.3. The van der Waals surface area contributed by atoms with Gasteiger partial charge in [-0.05, 0) is 43.2 Å². The van der Waals surface area contributed by atoms with Crippen LogP contribution in [0.2, 0.25) is 0 Å². The van der Waals surface area contributed by atoms with Crippen molar-refractivity contribution in [1.29, 1.82) is 0 Å². The van der Waals surface area contributed by atoms with Gasteiger partial charge in [-0.15, -0.1) is 0 Å². The van der Waals surface area contributed by atoms with Gasteiger partial charge in [0.05, 0.1) is 19.3 Å². The summed E-state index contributed by atoms with van der Waals surface area (Å²) in [5.74, 6) is 1.99. The zero-order valence-electron chi connectivity index (χ0n) is 15.3. The molecule has 3 heterocycles. The SMILES string of the molecule is COc1ccccc1NC(=O)CN1CC2CC(C1)[C@H]1CCCC(=O)N1C2. The van der Waals surface area contributed by atoms with E-state index in [-0.39, 0.29) is 5.91 Å². The molecule has 6 heteroatoms. The van der Waals surface area contributed by atoms with Gasteiger partial charge >= 0.3 is 0 Å². The zero-order valence-corrected chi connectivity index (χ0v) is 15.3. The van der Waals surface area contributed by atoms with Crippen LogP contribution in [0, 0.1) is 11.8 Å². The van der Waals surface area contributed by atoms with Crippen molar-refractivity contribution >= 4 is 17.5 Å². The molecule has 3 atom stereocenters. The molecule has 0 saturated carbocycles. The highest BCUT2D eigenvalue weighted by Gasteiger charge is 2.44. The van der Waals surface area contributed by atoms with Crippen LogP contribution in [-0.2, 0) is 9.59 Å². The maximum absolute atomic E-state index is 12.5. The molecule has 1 aromatic rings. The molecule has 4 rings (SSSR count). The van der Waals surface area contributed by atoms with E-state index in [1.54, 1.807) is 7.11 Å². The van der Waals surface area contributed by atoms with E-state index in [9.17, 15) is 9.59 Å². The number of methoxy groups -OCH3 is 1. The first-order chi connectivity index (χ1) is 12.6. The Morgan fingerprint density at radius 2 is 2.12 bits per heavy atom. The maximum atomic E-state index is 12.5. The summed E-state index contributed by atoms with van der Waals surface area (Å²) in [5.41, 5.74) is 0.709. The highest BCUT2D eigenvalue weighted by molar-refractivity contribution is 5.93. The number of carbonyl (C=O) groups excluding carboxylic acids is 2. The van der Waals surface area contributed by atoms with Gasteiger partial charge in [0.2, 0.25) is 11.8 Å². The van der Waals surface area contributed by atoms with Gasteiger partial charge < -0.3 is 15.0 Å². The number of para-hydroxylation sites is 2. The lowest BCUT2D eigenvalue weighted by Gasteiger charge is -2.52. The molecule has 3 saturated heterocycles. The van der Waals surface area contributed by atoms with E-state index in [1.165, 1.54) is 6.42 Å². The van der Waals surface area contributed by atoms with Crippen LogP contribution in [-0.4, -0.2) is 60.9 Å². The predicted molar refractivity (Wildman–Crippen MR) is 99.0 cm³/mol. The molecule has 0 aliphatic carbocycles. The molecule has 3 aliphatic rings. The van der Waals surface area contributed by atoms with Crippen LogP contribution in [0.5, 0.6) is 5.75 Å². The Balaban J connectivity index is 1.38. The van der Waals surface area contributed by atoms with Gasteiger partial charge in [0.15, 0.2) is 0 Å². The van der Waals surface area contributed by atoms with Crippen molar-refractivity contribution in [3.63, 3.8) is 0 Å². The van der Waals surface area contributed by atoms with Gasteiger partial charge in [-0.1, -0.05) is 12.1 Å². The molecule has 2 bridgehead atoms. The summed E-state index contributed by atoms with van der Waals surface area (Å²) in [6.45, 7) is 3.06. The molecule has 3 aliphatic heterocycles. The summed E-state index contributed by atoms with van der Waals surface area (Å²) in [4.78, 5) is 29.1. The number of ether oxygens (including phenoxy) is 1. The summed E-state index contributed by atoms with van der Waals surface area (Å²) in [7, 11) is 1.61. The average Bonchev–Trinajstić information content (AvgIpc) is 2.63. The number of benzene rings is 1. The minimum atomic E-state index is -0.00829. The normalized spacial score (nSPS) is 28.4. The second-order valence-electron chi connectivity index (χ2n) is 7.81. The van der Waals surface area contributed by atoms with E-state index < -0.39 is 0 Å². The van der Waals surface area contributed by atoms with Gasteiger partial charge in [0.1, 0.15) is 5.75 Å². The third-order valence-corrected chi connectivity index (χ3v) is 6.00. The third-order valence-electron chi connectivity index (χ3n) is 6.00. The van der Waals surface area contributed by atoms with Crippen molar-refractivity contribution < 1.29 is 14.3 Å². The Hall–Kier alpha value is -2.08. The number of anilines is 1. The second kappa shape index (κ2) is 7.27. The van der Waals surface area contributed by atoms with Gasteiger partial charge in [-0.3, -0.25) is 14.5 Å². The molecule has 0 radical (unpaired) electrons. The topological polar surface area (TPSA) is 61.9 Å². The van der Waals surface area contributed by atoms with Crippen molar-refractivity contribution in [1.82, 2.24) is 9.80 Å². The van der Waals surface area contributed by atoms with E-state index in [1.807, 2.05) is 24.3 Å². The van der Waals surface area contributed by atoms with Crippen LogP contribution < -0.4 is 10.1 Å². The van der Waals surface area contributed by atoms with Crippen molar-refractivity contribution in [3.05, 3.63) is 24.3 Å². The summed E-state index contributed by atoms with van der Waals surface area (Å²) in [6, 6.07) is 7.85. The number of amides is 2. The fourth-order valence-electron chi connectivity index (χ4n) is 4.98. The van der Waals surface area contributed by atoms with E-state index in [4.69, 9.17) is 4.74 Å². The highest BCUT2D eigenvalue weighted by atomic mass is 16.5. The number of likely N-dealkylation sites (tertiary alicyclic amines) is 1. The predicted octanol–water partition coefficient (Wildman–Crippen LogP) is 1.97. The second-order valence-corrected chi connectivity index (χ2v) is 7.81. The fraction of sp³-hybridized carbons (Fsp3) is 0.600. The largest absolute Gasteiger partial charge is 0.495 e. The molecule has 1 aromatic carbocycles. The molecule has 1 N–H and O–H groups in total. The number of nitrogens with zero attached hydrogens (tertiary/aromatic N) is 2. The molecule has 0 aromatic heterocycles. The molecule has 2 unspecified atom stereocenters. The molecule has 2 amide bonds. The van der Waals surface area contributed by atoms with Crippen LogP contribution in [0.1, 0.15) is 25.7 Å². The summed E-state index contributed by atoms with van der Waals surface area (Å²) >= 11 is 0. The zero-order chi connectivity index (χ0) is 18.1. The van der Waals surface area contributed by atoms with Crippen molar-refractivity contribution in [2.75, 3.05) is 38.6 Å². The summed E-state index contributed by atoms with van der Waals surface area (Å²) in [6.07, 6.45) is 4.03. The van der Waals surface area contributed by atoms with Gasteiger partial charge in [0, 0.05) is 32.1 Å². The Morgan fingerprint density at radius 3 is 2.96 bits per heavy atom. The van der Waals surface area contributed by atoms with Crippen LogP contribution >= 0.6 is 0 Å². The summed E-state index contributed by atoms with van der Waals surface area (Å²) < 4.78 is 5.30. The van der Waals surface area contributed by atoms with Gasteiger partial charge in [0.25, 0.3) is 0 Å². The van der Waals surface area contributed by atoms with Crippen LogP contribution in [0.15, 0.2) is 24.3 Å². The quantitative estimate of drug-likeness (QED) is 0.895. The van der Waals surface area contributed by atoms with Crippen molar-refractivity contribution in [3.8, 4) is 5.75 Å². The maximum Gasteiger partial charge on any atom is 0.238 e. The number of fused-ring (bicyclic) bond motifs is 4. The van der Waals surface area contributed by atoms with E-state index in [0.29, 0.717) is 48.2 Å². The number of rotatable bonds is 4.